The molecule has 0 saturated carbocycles. The Morgan fingerprint density at radius 3 is 2.34 bits per heavy atom. The van der Waals surface area contributed by atoms with Crippen LogP contribution in [-0.2, 0) is 11.3 Å². The number of rotatable bonds is 11. The summed E-state index contributed by atoms with van der Waals surface area (Å²) >= 11 is 0. The van der Waals surface area contributed by atoms with E-state index in [-0.39, 0.29) is 30.0 Å². The Morgan fingerprint density at radius 1 is 1.03 bits per heavy atom. The minimum atomic E-state index is 0. The third-order valence-corrected chi connectivity index (χ3v) is 5.02. The highest BCUT2D eigenvalue weighted by atomic mass is 127. The van der Waals surface area contributed by atoms with Gasteiger partial charge in [0.05, 0.1) is 19.8 Å². The van der Waals surface area contributed by atoms with Crippen LogP contribution >= 0.6 is 24.0 Å². The molecule has 0 aromatic heterocycles. The molecule has 8 heteroatoms. The van der Waals surface area contributed by atoms with Crippen LogP contribution in [0.1, 0.15) is 22.7 Å². The molecule has 2 rings (SSSR count). The summed E-state index contributed by atoms with van der Waals surface area (Å²) in [5, 5.41) is 6.83. The van der Waals surface area contributed by atoms with Crippen molar-refractivity contribution in [3.05, 3.63) is 59.2 Å². The Hall–Kier alpha value is -2.04. The Labute approximate surface area is 209 Å². The van der Waals surface area contributed by atoms with E-state index in [0.717, 1.165) is 28.6 Å². The van der Waals surface area contributed by atoms with Gasteiger partial charge < -0.3 is 29.7 Å². The zero-order valence-electron chi connectivity index (χ0n) is 20.0. The molecule has 0 aliphatic carbocycles. The number of ether oxygens (including phenoxy) is 3. The van der Waals surface area contributed by atoms with Crippen molar-refractivity contribution in [1.29, 1.82) is 0 Å². The number of nitrogens with one attached hydrogen (secondary N) is 2. The van der Waals surface area contributed by atoms with Gasteiger partial charge in [-0.2, -0.15) is 0 Å². The van der Waals surface area contributed by atoms with Crippen LogP contribution in [0.2, 0.25) is 0 Å². The lowest BCUT2D eigenvalue weighted by atomic mass is 10.1. The molecule has 0 heterocycles. The molecule has 1 atom stereocenters. The Balaban J connectivity index is 0.00000512. The first-order chi connectivity index (χ1) is 15.0. The predicted molar refractivity (Wildman–Crippen MR) is 142 cm³/mol. The molecule has 2 aromatic rings. The van der Waals surface area contributed by atoms with E-state index in [1.54, 1.807) is 21.3 Å². The maximum atomic E-state index is 5.89. The second kappa shape index (κ2) is 14.9. The summed E-state index contributed by atoms with van der Waals surface area (Å²) in [7, 11) is 9.27. The fraction of sp³-hybridized carbons (Fsp3) is 0.458. The highest BCUT2D eigenvalue weighted by Gasteiger charge is 2.15. The van der Waals surface area contributed by atoms with Crippen molar-refractivity contribution >= 4 is 29.9 Å². The molecule has 0 fully saturated rings. The molecule has 178 valence electrons. The summed E-state index contributed by atoms with van der Waals surface area (Å²) < 4.78 is 16.3. The number of benzene rings is 2. The van der Waals surface area contributed by atoms with E-state index in [9.17, 15) is 0 Å². The van der Waals surface area contributed by atoms with E-state index in [2.05, 4.69) is 71.9 Å². The smallest absolute Gasteiger partial charge is 0.191 e. The number of halogens is 1. The maximum Gasteiger partial charge on any atom is 0.191 e. The van der Waals surface area contributed by atoms with Crippen LogP contribution in [0.5, 0.6) is 11.5 Å². The number of hydrogen-bond acceptors (Lipinski definition) is 5. The van der Waals surface area contributed by atoms with Gasteiger partial charge in [-0.3, -0.25) is 4.99 Å². The summed E-state index contributed by atoms with van der Waals surface area (Å²) in [6, 6.07) is 14.6. The van der Waals surface area contributed by atoms with Gasteiger partial charge in [0.2, 0.25) is 0 Å². The van der Waals surface area contributed by atoms with Crippen LogP contribution in [0.4, 0.5) is 0 Å². The van der Waals surface area contributed by atoms with Gasteiger partial charge in [-0.05, 0) is 50.3 Å². The van der Waals surface area contributed by atoms with Crippen molar-refractivity contribution in [2.45, 2.75) is 19.5 Å². The standard InChI is InChI=1S/C24H36N4O3.HI/c1-18-7-8-20(23(15-18)31-14-13-29-5)16-26-24(25-2)27-17-22(28(3)4)19-9-11-21(30-6)12-10-19;/h7-12,15,22H,13-14,16-17H2,1-6H3,(H2,25,26,27);1H. The minimum absolute atomic E-state index is 0. The molecule has 0 radical (unpaired) electrons. The van der Waals surface area contributed by atoms with Crippen LogP contribution in [0, 0.1) is 6.92 Å². The van der Waals surface area contributed by atoms with Gasteiger partial charge in [0.1, 0.15) is 18.1 Å². The molecule has 7 nitrogen and oxygen atoms in total. The van der Waals surface area contributed by atoms with E-state index in [1.165, 1.54) is 5.56 Å². The highest BCUT2D eigenvalue weighted by Crippen LogP contribution is 2.21. The lowest BCUT2D eigenvalue weighted by molar-refractivity contribution is 0.145. The summed E-state index contributed by atoms with van der Waals surface area (Å²) in [6.45, 7) is 4.45. The molecule has 2 N–H and O–H groups in total. The van der Waals surface area contributed by atoms with Crippen LogP contribution in [-0.4, -0.2) is 66.0 Å². The lowest BCUT2D eigenvalue weighted by Gasteiger charge is -2.26. The van der Waals surface area contributed by atoms with Crippen molar-refractivity contribution < 1.29 is 14.2 Å². The van der Waals surface area contributed by atoms with Crippen molar-refractivity contribution in [3.63, 3.8) is 0 Å². The number of guanidine groups is 1. The first-order valence-corrected chi connectivity index (χ1v) is 10.4. The molecule has 0 spiro atoms. The van der Waals surface area contributed by atoms with Crippen LogP contribution in [0.15, 0.2) is 47.5 Å². The normalized spacial score (nSPS) is 12.2. The van der Waals surface area contributed by atoms with Gasteiger partial charge in [0.25, 0.3) is 0 Å². The highest BCUT2D eigenvalue weighted by molar-refractivity contribution is 14.0. The van der Waals surface area contributed by atoms with Crippen LogP contribution < -0.4 is 20.1 Å². The second-order valence-corrected chi connectivity index (χ2v) is 7.51. The quantitative estimate of drug-likeness (QED) is 0.191. The number of methoxy groups -OCH3 is 2. The Kier molecular flexibility index (Phi) is 13.0. The molecule has 0 saturated heterocycles. The fourth-order valence-electron chi connectivity index (χ4n) is 3.19. The number of nitrogens with zero attached hydrogens (tertiary/aromatic N) is 2. The summed E-state index contributed by atoms with van der Waals surface area (Å²) in [5.74, 6) is 2.46. The van der Waals surface area contributed by atoms with Crippen LogP contribution in [0.25, 0.3) is 0 Å². The molecular formula is C24H37IN4O3. The average molecular weight is 556 g/mol. The largest absolute Gasteiger partial charge is 0.497 e. The van der Waals surface area contributed by atoms with E-state index in [4.69, 9.17) is 14.2 Å². The van der Waals surface area contributed by atoms with Gasteiger partial charge in [-0.1, -0.05) is 24.3 Å². The maximum absolute atomic E-state index is 5.89. The number of likely N-dealkylation sites (N-methyl/N-ethyl adjacent to an activating group) is 1. The third kappa shape index (κ3) is 8.84. The van der Waals surface area contributed by atoms with E-state index < -0.39 is 0 Å². The molecule has 1 unspecified atom stereocenters. The molecule has 0 aliphatic heterocycles. The zero-order chi connectivity index (χ0) is 22.6. The van der Waals surface area contributed by atoms with Crippen molar-refractivity contribution in [1.82, 2.24) is 15.5 Å². The SMILES string of the molecule is CN=C(NCc1ccc(C)cc1OCCOC)NCC(c1ccc(OC)cc1)N(C)C.I. The molecule has 0 amide bonds. The fourth-order valence-corrected chi connectivity index (χ4v) is 3.19. The molecule has 0 bridgehead atoms. The monoisotopic (exact) mass is 556 g/mol. The second-order valence-electron chi connectivity index (χ2n) is 7.51. The summed E-state index contributed by atoms with van der Waals surface area (Å²) in [4.78, 5) is 6.56. The van der Waals surface area contributed by atoms with Gasteiger partial charge >= 0.3 is 0 Å². The Morgan fingerprint density at radius 2 is 1.75 bits per heavy atom. The topological polar surface area (TPSA) is 67.4 Å². The summed E-state index contributed by atoms with van der Waals surface area (Å²) in [5.41, 5.74) is 3.44. The lowest BCUT2D eigenvalue weighted by Crippen LogP contribution is -2.41. The predicted octanol–water partition coefficient (Wildman–Crippen LogP) is 3.61. The first-order valence-electron chi connectivity index (χ1n) is 10.4. The van der Waals surface area contributed by atoms with Crippen molar-refractivity contribution in [2.24, 2.45) is 4.99 Å². The first kappa shape index (κ1) is 28.0. The van der Waals surface area contributed by atoms with Crippen molar-refractivity contribution in [2.75, 3.05) is 55.1 Å². The molecule has 0 aliphatic rings. The average Bonchev–Trinajstić information content (AvgIpc) is 2.77. The van der Waals surface area contributed by atoms with Crippen molar-refractivity contribution in [3.8, 4) is 11.5 Å². The Bertz CT molecular complexity index is 828. The molecular weight excluding hydrogens is 519 g/mol. The molecule has 32 heavy (non-hydrogen) atoms. The minimum Gasteiger partial charge on any atom is -0.497 e. The zero-order valence-corrected chi connectivity index (χ0v) is 22.3. The summed E-state index contributed by atoms with van der Waals surface area (Å²) in [6.07, 6.45) is 0. The van der Waals surface area contributed by atoms with E-state index >= 15 is 0 Å². The van der Waals surface area contributed by atoms with Gasteiger partial charge in [-0.15, -0.1) is 24.0 Å². The number of aliphatic imine (C=N–C) groups is 1. The van der Waals surface area contributed by atoms with E-state index in [1.807, 2.05) is 12.1 Å². The van der Waals surface area contributed by atoms with Gasteiger partial charge in [0.15, 0.2) is 5.96 Å². The van der Waals surface area contributed by atoms with Gasteiger partial charge in [0, 0.05) is 32.8 Å². The van der Waals surface area contributed by atoms with Gasteiger partial charge in [-0.25, -0.2) is 0 Å². The third-order valence-electron chi connectivity index (χ3n) is 5.02. The molecule has 2 aromatic carbocycles. The van der Waals surface area contributed by atoms with E-state index in [0.29, 0.717) is 26.3 Å². The number of aryl methyl sites for hydroxylation is 1. The van der Waals surface area contributed by atoms with Crippen LogP contribution in [0.3, 0.4) is 0 Å². The number of hydrogen-bond donors (Lipinski definition) is 2.